The number of carboxylic acids is 1. The van der Waals surface area contributed by atoms with Crippen LogP contribution >= 0.6 is 0 Å². The van der Waals surface area contributed by atoms with Crippen molar-refractivity contribution in [2.24, 2.45) is 11.1 Å². The molecule has 20 heavy (non-hydrogen) atoms. The Labute approximate surface area is 118 Å². The monoisotopic (exact) mass is 276 g/mol. The van der Waals surface area contributed by atoms with Crippen LogP contribution in [0.15, 0.2) is 30.3 Å². The predicted octanol–water partition coefficient (Wildman–Crippen LogP) is 1.45. The van der Waals surface area contributed by atoms with Gasteiger partial charge in [-0.15, -0.1) is 0 Å². The molecule has 1 aliphatic carbocycles. The van der Waals surface area contributed by atoms with Crippen LogP contribution in [0.4, 0.5) is 0 Å². The number of carboxylic acid groups (broad SMARTS) is 1. The van der Waals surface area contributed by atoms with Crippen LogP contribution in [0.25, 0.3) is 0 Å². The Bertz CT molecular complexity index is 503. The van der Waals surface area contributed by atoms with Crippen LogP contribution in [0.1, 0.15) is 37.8 Å². The molecule has 0 aromatic heterocycles. The summed E-state index contributed by atoms with van der Waals surface area (Å²) in [5.41, 5.74) is 5.88. The second-order valence-electron chi connectivity index (χ2n) is 5.57. The van der Waals surface area contributed by atoms with E-state index in [0.29, 0.717) is 12.0 Å². The summed E-state index contributed by atoms with van der Waals surface area (Å²) in [6, 6.07) is 7.44. The van der Waals surface area contributed by atoms with Gasteiger partial charge in [0.2, 0.25) is 5.91 Å². The van der Waals surface area contributed by atoms with Gasteiger partial charge in [0.05, 0.1) is 5.41 Å². The van der Waals surface area contributed by atoms with Crippen LogP contribution in [0.5, 0.6) is 0 Å². The minimum Gasteiger partial charge on any atom is -0.479 e. The van der Waals surface area contributed by atoms with E-state index in [2.05, 4.69) is 5.32 Å². The Kier molecular flexibility index (Phi) is 4.09. The summed E-state index contributed by atoms with van der Waals surface area (Å²) in [5.74, 6) is -1.35. The van der Waals surface area contributed by atoms with Crippen LogP contribution in [0.3, 0.4) is 0 Å². The second kappa shape index (κ2) is 5.63. The highest BCUT2D eigenvalue weighted by Crippen LogP contribution is 2.37. The van der Waals surface area contributed by atoms with E-state index in [1.165, 1.54) is 0 Å². The molecule has 1 aromatic carbocycles. The maximum atomic E-state index is 12.4. The number of hydrogen-bond acceptors (Lipinski definition) is 3. The number of nitrogens with one attached hydrogen (secondary N) is 1. The number of nitrogens with two attached hydrogens (primary N) is 1. The van der Waals surface area contributed by atoms with Gasteiger partial charge in [-0.2, -0.15) is 0 Å². The van der Waals surface area contributed by atoms with Crippen LogP contribution in [0, 0.1) is 5.41 Å². The van der Waals surface area contributed by atoms with E-state index in [1.807, 2.05) is 6.92 Å². The Hall–Kier alpha value is -1.88. The molecule has 108 valence electrons. The molecule has 0 heterocycles. The summed E-state index contributed by atoms with van der Waals surface area (Å²) >= 11 is 0. The van der Waals surface area contributed by atoms with E-state index >= 15 is 0 Å². The molecule has 1 saturated carbocycles. The third kappa shape index (κ3) is 2.67. The highest BCUT2D eigenvalue weighted by molar-refractivity contribution is 5.88. The zero-order chi connectivity index (χ0) is 14.8. The van der Waals surface area contributed by atoms with Crippen LogP contribution < -0.4 is 11.1 Å². The van der Waals surface area contributed by atoms with Crippen molar-refractivity contribution in [3.05, 3.63) is 35.9 Å². The van der Waals surface area contributed by atoms with E-state index in [1.54, 1.807) is 30.3 Å². The summed E-state index contributed by atoms with van der Waals surface area (Å²) in [7, 11) is 0. The first-order valence-electron chi connectivity index (χ1n) is 6.79. The molecule has 0 spiro atoms. The Morgan fingerprint density at radius 1 is 1.40 bits per heavy atom. The van der Waals surface area contributed by atoms with Crippen molar-refractivity contribution in [3.8, 4) is 0 Å². The van der Waals surface area contributed by atoms with E-state index in [-0.39, 0.29) is 11.9 Å². The van der Waals surface area contributed by atoms with Crippen LogP contribution in [-0.4, -0.2) is 23.0 Å². The molecular formula is C15H20N2O3. The quantitative estimate of drug-likeness (QED) is 0.776. The average Bonchev–Trinajstić information content (AvgIpc) is 2.77. The maximum absolute atomic E-state index is 12.4. The Morgan fingerprint density at radius 2 is 2.05 bits per heavy atom. The third-order valence-corrected chi connectivity index (χ3v) is 4.20. The van der Waals surface area contributed by atoms with Gasteiger partial charge in [-0.25, -0.2) is 4.79 Å². The smallest absolute Gasteiger partial charge is 0.330 e. The number of aliphatic carboxylic acids is 1. The molecule has 3 unspecified atom stereocenters. The van der Waals surface area contributed by atoms with Gasteiger partial charge < -0.3 is 16.2 Å². The van der Waals surface area contributed by atoms with Gasteiger partial charge in [0, 0.05) is 6.04 Å². The fraction of sp³-hybridized carbons (Fsp3) is 0.467. The summed E-state index contributed by atoms with van der Waals surface area (Å²) in [4.78, 5) is 23.8. The van der Waals surface area contributed by atoms with Crippen molar-refractivity contribution in [1.29, 1.82) is 0 Å². The first-order chi connectivity index (χ1) is 9.45. The summed E-state index contributed by atoms with van der Waals surface area (Å²) in [6.07, 6.45) is 2.39. The van der Waals surface area contributed by atoms with Crippen molar-refractivity contribution in [3.63, 3.8) is 0 Å². The molecule has 0 aliphatic heterocycles. The molecule has 2 rings (SSSR count). The molecule has 1 amide bonds. The number of carbonyl (C=O) groups is 2. The molecular weight excluding hydrogens is 256 g/mol. The second-order valence-corrected chi connectivity index (χ2v) is 5.57. The summed E-state index contributed by atoms with van der Waals surface area (Å²) < 4.78 is 0. The molecule has 0 radical (unpaired) electrons. The topological polar surface area (TPSA) is 92.4 Å². The third-order valence-electron chi connectivity index (χ3n) is 4.20. The van der Waals surface area contributed by atoms with Gasteiger partial charge in [0.1, 0.15) is 0 Å². The molecule has 4 N–H and O–H groups in total. The molecule has 0 bridgehead atoms. The molecule has 1 aromatic rings. The van der Waals surface area contributed by atoms with E-state index in [4.69, 9.17) is 5.73 Å². The fourth-order valence-corrected chi connectivity index (χ4v) is 2.70. The zero-order valence-electron chi connectivity index (χ0n) is 11.5. The first-order valence-corrected chi connectivity index (χ1v) is 6.79. The molecule has 5 nitrogen and oxygen atoms in total. The average molecular weight is 276 g/mol. The van der Waals surface area contributed by atoms with Crippen LogP contribution in [0.2, 0.25) is 0 Å². The molecule has 3 atom stereocenters. The SMILES string of the molecule is CC1(C(=O)NC(C(=O)O)c2ccccc2)CCCC1N. The van der Waals surface area contributed by atoms with Crippen LogP contribution in [-0.2, 0) is 9.59 Å². The molecule has 0 saturated heterocycles. The van der Waals surface area contributed by atoms with E-state index < -0.39 is 17.4 Å². The number of amides is 1. The van der Waals surface area contributed by atoms with Gasteiger partial charge in [0.15, 0.2) is 6.04 Å². The lowest BCUT2D eigenvalue weighted by Crippen LogP contribution is -2.49. The molecule has 1 fully saturated rings. The van der Waals surface area contributed by atoms with E-state index in [9.17, 15) is 14.7 Å². The molecule has 5 heteroatoms. The highest BCUT2D eigenvalue weighted by Gasteiger charge is 2.44. The minimum atomic E-state index is -1.07. The van der Waals surface area contributed by atoms with Gasteiger partial charge in [-0.1, -0.05) is 36.8 Å². The van der Waals surface area contributed by atoms with Crippen molar-refractivity contribution < 1.29 is 14.7 Å². The standard InChI is InChI=1S/C15H20N2O3/c1-15(9-5-8-11(15)16)14(20)17-12(13(18)19)10-6-3-2-4-7-10/h2-4,6-7,11-12H,5,8-9,16H2,1H3,(H,17,20)(H,18,19). The van der Waals surface area contributed by atoms with E-state index in [0.717, 1.165) is 12.8 Å². The first kappa shape index (κ1) is 14.5. The molecule has 1 aliphatic rings. The van der Waals surface area contributed by atoms with Crippen molar-refractivity contribution in [1.82, 2.24) is 5.32 Å². The zero-order valence-corrected chi connectivity index (χ0v) is 11.5. The number of carbonyl (C=O) groups excluding carboxylic acids is 1. The van der Waals surface area contributed by atoms with Gasteiger partial charge in [0.25, 0.3) is 0 Å². The lowest BCUT2D eigenvalue weighted by Gasteiger charge is -2.29. The van der Waals surface area contributed by atoms with Gasteiger partial charge >= 0.3 is 5.97 Å². The summed E-state index contributed by atoms with van der Waals surface area (Å²) in [5, 5.41) is 11.9. The van der Waals surface area contributed by atoms with Crippen molar-refractivity contribution in [2.75, 3.05) is 0 Å². The van der Waals surface area contributed by atoms with Gasteiger partial charge in [-0.3, -0.25) is 4.79 Å². The maximum Gasteiger partial charge on any atom is 0.330 e. The highest BCUT2D eigenvalue weighted by atomic mass is 16.4. The number of benzene rings is 1. The fourth-order valence-electron chi connectivity index (χ4n) is 2.70. The largest absolute Gasteiger partial charge is 0.479 e. The van der Waals surface area contributed by atoms with Crippen molar-refractivity contribution in [2.45, 2.75) is 38.3 Å². The predicted molar refractivity (Wildman–Crippen MR) is 74.9 cm³/mol. The summed E-state index contributed by atoms with van der Waals surface area (Å²) in [6.45, 7) is 1.81. The Morgan fingerprint density at radius 3 is 2.55 bits per heavy atom. The Balaban J connectivity index is 2.17. The number of rotatable bonds is 4. The minimum absolute atomic E-state index is 0.215. The normalized spacial score (nSPS) is 27.0. The van der Waals surface area contributed by atoms with Gasteiger partial charge in [-0.05, 0) is 25.3 Å². The lowest BCUT2D eigenvalue weighted by atomic mass is 9.83. The lowest BCUT2D eigenvalue weighted by molar-refractivity contribution is -0.144. The van der Waals surface area contributed by atoms with Crippen molar-refractivity contribution >= 4 is 11.9 Å². The number of hydrogen-bond donors (Lipinski definition) is 3.